The van der Waals surface area contributed by atoms with E-state index in [-0.39, 0.29) is 11.9 Å². The molecular formula is C15H22N2O. The zero-order chi connectivity index (χ0) is 13.0. The van der Waals surface area contributed by atoms with Crippen LogP contribution in [-0.2, 0) is 6.42 Å². The van der Waals surface area contributed by atoms with Gasteiger partial charge in [-0.15, -0.1) is 0 Å². The summed E-state index contributed by atoms with van der Waals surface area (Å²) < 4.78 is 0. The lowest BCUT2D eigenvalue weighted by molar-refractivity contribution is 0.0736. The maximum atomic E-state index is 12.2. The van der Waals surface area contributed by atoms with Crippen molar-refractivity contribution in [2.45, 2.75) is 38.6 Å². The topological polar surface area (TPSA) is 46.3 Å². The van der Waals surface area contributed by atoms with E-state index in [1.807, 2.05) is 30.0 Å². The Morgan fingerprint density at radius 2 is 2.11 bits per heavy atom. The molecule has 0 saturated carbocycles. The quantitative estimate of drug-likeness (QED) is 0.810. The molecule has 2 rings (SSSR count). The summed E-state index contributed by atoms with van der Waals surface area (Å²) in [5, 5.41) is 0. The number of fused-ring (bicyclic) bond motifs is 1. The third-order valence-electron chi connectivity index (χ3n) is 3.52. The van der Waals surface area contributed by atoms with Crippen molar-refractivity contribution >= 4 is 5.91 Å². The summed E-state index contributed by atoms with van der Waals surface area (Å²) in [5.74, 6) is 0.192. The fraction of sp³-hybridized carbons (Fsp3) is 0.533. The Morgan fingerprint density at radius 3 is 2.89 bits per heavy atom. The van der Waals surface area contributed by atoms with Gasteiger partial charge in [0.25, 0.3) is 5.91 Å². The summed E-state index contributed by atoms with van der Waals surface area (Å²) in [6, 6.07) is 8.20. The molecule has 0 radical (unpaired) electrons. The van der Waals surface area contributed by atoms with Gasteiger partial charge in [-0.2, -0.15) is 0 Å². The summed E-state index contributed by atoms with van der Waals surface area (Å²) in [5.41, 5.74) is 7.80. The minimum Gasteiger partial charge on any atom is -0.338 e. The van der Waals surface area contributed by atoms with Crippen molar-refractivity contribution in [3.05, 3.63) is 35.4 Å². The van der Waals surface area contributed by atoms with Crippen LogP contribution in [0.5, 0.6) is 0 Å². The van der Waals surface area contributed by atoms with Crippen LogP contribution in [0.2, 0.25) is 0 Å². The first-order chi connectivity index (χ1) is 8.68. The van der Waals surface area contributed by atoms with Crippen molar-refractivity contribution < 1.29 is 4.79 Å². The first kappa shape index (κ1) is 13.1. The monoisotopic (exact) mass is 246 g/mol. The zero-order valence-electron chi connectivity index (χ0n) is 11.1. The van der Waals surface area contributed by atoms with Gasteiger partial charge >= 0.3 is 0 Å². The van der Waals surface area contributed by atoms with E-state index >= 15 is 0 Å². The molecule has 2 N–H and O–H groups in total. The summed E-state index contributed by atoms with van der Waals surface area (Å²) in [6.45, 7) is 3.75. The summed E-state index contributed by atoms with van der Waals surface area (Å²) in [7, 11) is 0. The number of hydrogen-bond acceptors (Lipinski definition) is 2. The minimum absolute atomic E-state index is 0.192. The third kappa shape index (κ3) is 3.10. The van der Waals surface area contributed by atoms with Crippen LogP contribution in [0, 0.1) is 0 Å². The highest BCUT2D eigenvalue weighted by Gasteiger charge is 2.22. The molecule has 3 heteroatoms. The minimum atomic E-state index is 0.192. The van der Waals surface area contributed by atoms with Crippen LogP contribution in [0.15, 0.2) is 24.3 Å². The fourth-order valence-electron chi connectivity index (χ4n) is 2.46. The standard InChI is InChI=1S/C15H22N2O/c1-12(16)6-4-5-10-17-11-9-13-7-2-3-8-14(13)15(17)18/h2-3,7-8,12H,4-6,9-11,16H2,1H3. The number of carbonyl (C=O) groups is 1. The highest BCUT2D eigenvalue weighted by Crippen LogP contribution is 2.18. The zero-order valence-corrected chi connectivity index (χ0v) is 11.1. The van der Waals surface area contributed by atoms with Gasteiger partial charge in [0.1, 0.15) is 0 Å². The number of carbonyl (C=O) groups excluding carboxylic acids is 1. The van der Waals surface area contributed by atoms with E-state index in [0.717, 1.165) is 44.3 Å². The van der Waals surface area contributed by atoms with Crippen LogP contribution < -0.4 is 5.73 Å². The van der Waals surface area contributed by atoms with Crippen molar-refractivity contribution in [3.8, 4) is 0 Å². The summed E-state index contributed by atoms with van der Waals surface area (Å²) in [6.07, 6.45) is 4.17. The second-order valence-electron chi connectivity index (χ2n) is 5.17. The lowest BCUT2D eigenvalue weighted by Crippen LogP contribution is -2.38. The normalized spacial score (nSPS) is 16.6. The Labute approximate surface area is 109 Å². The van der Waals surface area contributed by atoms with E-state index in [4.69, 9.17) is 5.73 Å². The third-order valence-corrected chi connectivity index (χ3v) is 3.52. The molecule has 1 heterocycles. The Morgan fingerprint density at radius 1 is 1.33 bits per heavy atom. The SMILES string of the molecule is CC(N)CCCCN1CCc2ccccc2C1=O. The molecule has 3 nitrogen and oxygen atoms in total. The second kappa shape index (κ2) is 6.01. The van der Waals surface area contributed by atoms with Crippen molar-refractivity contribution in [2.24, 2.45) is 5.73 Å². The molecule has 1 atom stereocenters. The smallest absolute Gasteiger partial charge is 0.254 e. The number of benzene rings is 1. The van der Waals surface area contributed by atoms with E-state index in [9.17, 15) is 4.79 Å². The number of nitrogens with two attached hydrogens (primary N) is 1. The molecule has 1 amide bonds. The van der Waals surface area contributed by atoms with Crippen molar-refractivity contribution in [3.63, 3.8) is 0 Å². The fourth-order valence-corrected chi connectivity index (χ4v) is 2.46. The Hall–Kier alpha value is -1.35. The van der Waals surface area contributed by atoms with E-state index in [1.54, 1.807) is 0 Å². The van der Waals surface area contributed by atoms with Gasteiger partial charge in [0.15, 0.2) is 0 Å². The van der Waals surface area contributed by atoms with Crippen LogP contribution in [0.1, 0.15) is 42.1 Å². The number of amides is 1. The van der Waals surface area contributed by atoms with E-state index < -0.39 is 0 Å². The van der Waals surface area contributed by atoms with Crippen LogP contribution in [0.4, 0.5) is 0 Å². The number of nitrogens with zero attached hydrogens (tertiary/aromatic N) is 1. The molecule has 0 saturated heterocycles. The molecule has 1 aromatic carbocycles. The highest BCUT2D eigenvalue weighted by molar-refractivity contribution is 5.96. The maximum absolute atomic E-state index is 12.2. The van der Waals surface area contributed by atoms with Gasteiger partial charge in [0.2, 0.25) is 0 Å². The van der Waals surface area contributed by atoms with Gasteiger partial charge in [-0.05, 0) is 37.8 Å². The van der Waals surface area contributed by atoms with Gasteiger partial charge < -0.3 is 10.6 Å². The molecule has 0 aliphatic carbocycles. The van der Waals surface area contributed by atoms with Gasteiger partial charge in [0, 0.05) is 24.7 Å². The van der Waals surface area contributed by atoms with Gasteiger partial charge in [0.05, 0.1) is 0 Å². The molecule has 1 aliphatic rings. The second-order valence-corrected chi connectivity index (χ2v) is 5.17. The molecule has 1 aromatic rings. The molecule has 0 fully saturated rings. The Kier molecular flexibility index (Phi) is 4.37. The lowest BCUT2D eigenvalue weighted by atomic mass is 9.99. The van der Waals surface area contributed by atoms with Crippen LogP contribution in [0.3, 0.4) is 0 Å². The van der Waals surface area contributed by atoms with E-state index in [0.29, 0.717) is 0 Å². The first-order valence-electron chi connectivity index (χ1n) is 6.81. The number of hydrogen-bond donors (Lipinski definition) is 1. The van der Waals surface area contributed by atoms with Gasteiger partial charge in [-0.25, -0.2) is 0 Å². The van der Waals surface area contributed by atoms with E-state index in [1.165, 1.54) is 5.56 Å². The highest BCUT2D eigenvalue weighted by atomic mass is 16.2. The molecule has 18 heavy (non-hydrogen) atoms. The average Bonchev–Trinajstić information content (AvgIpc) is 2.37. The number of rotatable bonds is 5. The predicted molar refractivity (Wildman–Crippen MR) is 73.5 cm³/mol. The Bertz CT molecular complexity index is 415. The molecule has 98 valence electrons. The number of unbranched alkanes of at least 4 members (excludes halogenated alkanes) is 1. The van der Waals surface area contributed by atoms with E-state index in [2.05, 4.69) is 6.07 Å². The molecular weight excluding hydrogens is 224 g/mol. The van der Waals surface area contributed by atoms with Crippen molar-refractivity contribution in [1.82, 2.24) is 4.90 Å². The molecule has 0 aromatic heterocycles. The Balaban J connectivity index is 1.88. The van der Waals surface area contributed by atoms with Gasteiger partial charge in [-0.1, -0.05) is 24.6 Å². The van der Waals surface area contributed by atoms with Gasteiger partial charge in [-0.3, -0.25) is 4.79 Å². The van der Waals surface area contributed by atoms with Crippen molar-refractivity contribution in [2.75, 3.05) is 13.1 Å². The van der Waals surface area contributed by atoms with Crippen molar-refractivity contribution in [1.29, 1.82) is 0 Å². The van der Waals surface area contributed by atoms with Crippen LogP contribution in [-0.4, -0.2) is 29.9 Å². The first-order valence-corrected chi connectivity index (χ1v) is 6.81. The molecule has 1 aliphatic heterocycles. The lowest BCUT2D eigenvalue weighted by Gasteiger charge is -2.28. The average molecular weight is 246 g/mol. The van der Waals surface area contributed by atoms with Crippen LogP contribution >= 0.6 is 0 Å². The largest absolute Gasteiger partial charge is 0.338 e. The maximum Gasteiger partial charge on any atom is 0.254 e. The molecule has 0 bridgehead atoms. The summed E-state index contributed by atoms with van der Waals surface area (Å²) >= 11 is 0. The van der Waals surface area contributed by atoms with Crippen LogP contribution in [0.25, 0.3) is 0 Å². The molecule has 0 spiro atoms. The predicted octanol–water partition coefficient (Wildman–Crippen LogP) is 2.20. The molecule has 1 unspecified atom stereocenters. The summed E-state index contributed by atoms with van der Waals surface area (Å²) in [4.78, 5) is 14.2.